The van der Waals surface area contributed by atoms with E-state index in [1.165, 1.54) is 42.6 Å². The monoisotopic (exact) mass is 515 g/mol. The van der Waals surface area contributed by atoms with Gasteiger partial charge in [0.1, 0.15) is 6.33 Å². The lowest BCUT2D eigenvalue weighted by molar-refractivity contribution is -0.290. The molecular weight excluding hydrogens is 501 g/mol. The highest BCUT2D eigenvalue weighted by Crippen LogP contribution is 2.36. The molecule has 0 atom stereocenters. The average molecular weight is 515 g/mol. The van der Waals surface area contributed by atoms with Crippen LogP contribution in [0, 0.1) is 0 Å². The molecule has 0 unspecified atom stereocenters. The number of sulfone groups is 1. The van der Waals surface area contributed by atoms with Crippen molar-refractivity contribution in [2.45, 2.75) is 24.0 Å². The Morgan fingerprint density at radius 2 is 1.66 bits per heavy atom. The van der Waals surface area contributed by atoms with Crippen LogP contribution >= 0.6 is 0 Å². The SMILES string of the molecule is CCS(=O)(=O)c1nn2cc(-c3cncnc3)cnc2c1-c1cnc(OCC(F)(F)C(F)(F)F)cn1. The van der Waals surface area contributed by atoms with Gasteiger partial charge in [-0.3, -0.25) is 0 Å². The predicted molar refractivity (Wildman–Crippen MR) is 109 cm³/mol. The smallest absolute Gasteiger partial charge is 0.456 e. The van der Waals surface area contributed by atoms with Crippen molar-refractivity contribution >= 4 is 15.5 Å². The minimum absolute atomic E-state index is 0.0256. The molecule has 0 aliphatic carbocycles. The molecule has 35 heavy (non-hydrogen) atoms. The molecule has 10 nitrogen and oxygen atoms in total. The van der Waals surface area contributed by atoms with Crippen molar-refractivity contribution in [1.82, 2.24) is 34.5 Å². The maximum Gasteiger partial charge on any atom is 0.456 e. The lowest BCUT2D eigenvalue weighted by Crippen LogP contribution is -2.41. The van der Waals surface area contributed by atoms with Gasteiger partial charge in [0.25, 0.3) is 0 Å². The fraction of sp³-hybridized carbons (Fsp3) is 0.263. The molecule has 0 N–H and O–H groups in total. The first-order valence-corrected chi connectivity index (χ1v) is 11.3. The zero-order valence-electron chi connectivity index (χ0n) is 17.6. The van der Waals surface area contributed by atoms with E-state index in [0.29, 0.717) is 11.1 Å². The minimum Gasteiger partial charge on any atom is -0.470 e. The van der Waals surface area contributed by atoms with E-state index in [2.05, 4.69) is 34.8 Å². The molecule has 0 spiro atoms. The molecule has 4 aromatic heterocycles. The third kappa shape index (κ3) is 4.73. The van der Waals surface area contributed by atoms with Crippen molar-refractivity contribution in [2.75, 3.05) is 12.4 Å². The Hall–Kier alpha value is -3.82. The molecule has 0 aliphatic rings. The fourth-order valence-corrected chi connectivity index (χ4v) is 3.85. The Bertz CT molecular complexity index is 1460. The first kappa shape index (κ1) is 24.3. The number of aromatic nitrogens is 7. The van der Waals surface area contributed by atoms with E-state index in [1.54, 1.807) is 0 Å². The second-order valence-corrected chi connectivity index (χ2v) is 9.25. The van der Waals surface area contributed by atoms with Gasteiger partial charge in [-0.15, -0.1) is 0 Å². The summed E-state index contributed by atoms with van der Waals surface area (Å²) in [5.74, 6) is -6.01. The van der Waals surface area contributed by atoms with Gasteiger partial charge in [-0.2, -0.15) is 27.1 Å². The largest absolute Gasteiger partial charge is 0.470 e. The highest BCUT2D eigenvalue weighted by atomic mass is 32.2. The maximum absolute atomic E-state index is 13.1. The molecule has 0 saturated heterocycles. The standard InChI is InChI=1S/C19H14F5N7O3S/c1-2-35(32,33)17-15(13-6-28-14(7-27-13)34-9-18(20,21)19(22,23)24)16-29-5-12(8-31(16)30-17)11-3-25-10-26-4-11/h3-8,10H,2,9H2,1H3. The molecule has 184 valence electrons. The Morgan fingerprint density at radius 1 is 0.943 bits per heavy atom. The summed E-state index contributed by atoms with van der Waals surface area (Å²) in [6, 6.07) is 0. The summed E-state index contributed by atoms with van der Waals surface area (Å²) in [6.45, 7) is -0.586. The van der Waals surface area contributed by atoms with Crippen LogP contribution in [0.1, 0.15) is 6.92 Å². The highest BCUT2D eigenvalue weighted by Gasteiger charge is 2.58. The van der Waals surface area contributed by atoms with Crippen LogP contribution in [0.2, 0.25) is 0 Å². The topological polar surface area (TPSA) is 125 Å². The Kier molecular flexibility index (Phi) is 6.08. The summed E-state index contributed by atoms with van der Waals surface area (Å²) in [4.78, 5) is 19.7. The molecule has 0 bridgehead atoms. The number of ether oxygens (including phenoxy) is 1. The molecular formula is C19H14F5N7O3S. The van der Waals surface area contributed by atoms with Crippen LogP contribution in [0.15, 0.2) is 48.5 Å². The minimum atomic E-state index is -5.79. The molecule has 4 aromatic rings. The van der Waals surface area contributed by atoms with E-state index in [4.69, 9.17) is 0 Å². The Labute approximate surface area is 193 Å². The van der Waals surface area contributed by atoms with Crippen molar-refractivity contribution < 1.29 is 35.1 Å². The van der Waals surface area contributed by atoms with E-state index in [9.17, 15) is 30.4 Å². The molecule has 0 aliphatic heterocycles. The summed E-state index contributed by atoms with van der Waals surface area (Å²) in [6.07, 6.45) is 3.29. The van der Waals surface area contributed by atoms with Gasteiger partial charge >= 0.3 is 12.1 Å². The van der Waals surface area contributed by atoms with Crippen molar-refractivity contribution in [3.8, 4) is 28.3 Å². The Morgan fingerprint density at radius 3 is 2.26 bits per heavy atom. The van der Waals surface area contributed by atoms with E-state index in [1.807, 2.05) is 0 Å². The van der Waals surface area contributed by atoms with E-state index >= 15 is 0 Å². The molecule has 0 radical (unpaired) electrons. The van der Waals surface area contributed by atoms with Crippen molar-refractivity contribution in [3.63, 3.8) is 0 Å². The number of hydrogen-bond donors (Lipinski definition) is 0. The number of hydrogen-bond acceptors (Lipinski definition) is 9. The summed E-state index contributed by atoms with van der Waals surface area (Å²) >= 11 is 0. The van der Waals surface area contributed by atoms with Crippen LogP contribution in [0.5, 0.6) is 5.88 Å². The molecule has 16 heteroatoms. The lowest BCUT2D eigenvalue weighted by atomic mass is 10.2. The van der Waals surface area contributed by atoms with Crippen molar-refractivity contribution in [1.29, 1.82) is 0 Å². The van der Waals surface area contributed by atoms with Crippen LogP contribution in [0.25, 0.3) is 28.0 Å². The number of nitrogens with zero attached hydrogens (tertiary/aromatic N) is 7. The van der Waals surface area contributed by atoms with Gasteiger partial charge in [0.15, 0.2) is 27.1 Å². The highest BCUT2D eigenvalue weighted by molar-refractivity contribution is 7.91. The van der Waals surface area contributed by atoms with E-state index in [0.717, 1.165) is 12.4 Å². The van der Waals surface area contributed by atoms with Gasteiger partial charge < -0.3 is 4.74 Å². The molecule has 0 aromatic carbocycles. The summed E-state index contributed by atoms with van der Waals surface area (Å²) < 4.78 is 94.2. The van der Waals surface area contributed by atoms with Gasteiger partial charge in [0.2, 0.25) is 5.88 Å². The molecule has 0 amide bonds. The van der Waals surface area contributed by atoms with Crippen molar-refractivity contribution in [2.24, 2.45) is 0 Å². The van der Waals surface area contributed by atoms with Crippen molar-refractivity contribution in [3.05, 3.63) is 43.5 Å². The quantitative estimate of drug-likeness (QED) is 0.342. The predicted octanol–water partition coefficient (Wildman–Crippen LogP) is 3.01. The van der Waals surface area contributed by atoms with Crippen LogP contribution in [0.4, 0.5) is 22.0 Å². The molecule has 4 heterocycles. The second-order valence-electron chi connectivity index (χ2n) is 7.05. The van der Waals surface area contributed by atoms with Crippen LogP contribution in [0.3, 0.4) is 0 Å². The van der Waals surface area contributed by atoms with Crippen LogP contribution < -0.4 is 4.74 Å². The summed E-state index contributed by atoms with van der Waals surface area (Å²) in [5, 5.41) is 3.78. The molecule has 0 saturated carbocycles. The number of rotatable bonds is 7. The van der Waals surface area contributed by atoms with Gasteiger partial charge in [-0.25, -0.2) is 37.9 Å². The number of fused-ring (bicyclic) bond motifs is 1. The van der Waals surface area contributed by atoms with Gasteiger partial charge in [0, 0.05) is 35.9 Å². The van der Waals surface area contributed by atoms with Crippen LogP contribution in [-0.4, -0.2) is 67.4 Å². The first-order chi connectivity index (χ1) is 16.4. The third-order valence-corrected chi connectivity index (χ3v) is 6.34. The van der Waals surface area contributed by atoms with Crippen LogP contribution in [-0.2, 0) is 9.84 Å². The van der Waals surface area contributed by atoms with Gasteiger partial charge in [-0.05, 0) is 0 Å². The van der Waals surface area contributed by atoms with E-state index < -0.39 is 34.4 Å². The molecule has 0 fully saturated rings. The van der Waals surface area contributed by atoms with Gasteiger partial charge in [0.05, 0.1) is 29.4 Å². The first-order valence-electron chi connectivity index (χ1n) is 9.69. The zero-order chi connectivity index (χ0) is 25.4. The fourth-order valence-electron chi connectivity index (χ4n) is 2.86. The lowest BCUT2D eigenvalue weighted by Gasteiger charge is -2.19. The average Bonchev–Trinajstić information content (AvgIpc) is 3.23. The normalized spacial score (nSPS) is 12.7. The second kappa shape index (κ2) is 8.75. The third-order valence-electron chi connectivity index (χ3n) is 4.71. The molecule has 4 rings (SSSR count). The zero-order valence-corrected chi connectivity index (χ0v) is 18.4. The maximum atomic E-state index is 13.1. The number of alkyl halides is 5. The summed E-state index contributed by atoms with van der Waals surface area (Å²) in [7, 11) is -3.89. The van der Waals surface area contributed by atoms with E-state index in [-0.39, 0.29) is 27.7 Å². The Balaban J connectivity index is 1.74. The van der Waals surface area contributed by atoms with Gasteiger partial charge in [-0.1, -0.05) is 6.92 Å². The number of halogens is 5. The summed E-state index contributed by atoms with van der Waals surface area (Å²) in [5.41, 5.74) is 1.13.